The Labute approximate surface area is 229 Å². The van der Waals surface area contributed by atoms with Gasteiger partial charge in [-0.3, -0.25) is 14.6 Å². The summed E-state index contributed by atoms with van der Waals surface area (Å²) in [6.07, 6.45) is 6.55. The van der Waals surface area contributed by atoms with Gasteiger partial charge in [-0.05, 0) is 35.7 Å². The van der Waals surface area contributed by atoms with Gasteiger partial charge in [-0.2, -0.15) is 5.10 Å². The molecule has 0 atom stereocenters. The highest BCUT2D eigenvalue weighted by Crippen LogP contribution is 2.28. The number of carbonyl (C=O) groups excluding carboxylic acids is 2. The van der Waals surface area contributed by atoms with Crippen LogP contribution in [0.2, 0.25) is 5.02 Å². The van der Waals surface area contributed by atoms with Gasteiger partial charge in [0.2, 0.25) is 0 Å². The lowest BCUT2D eigenvalue weighted by molar-refractivity contribution is -0.133. The van der Waals surface area contributed by atoms with E-state index in [0.717, 1.165) is 22.2 Å². The molecule has 1 aliphatic heterocycles. The number of aromatic nitrogens is 2. The van der Waals surface area contributed by atoms with Crippen molar-refractivity contribution in [2.75, 3.05) is 37.7 Å². The van der Waals surface area contributed by atoms with E-state index in [1.807, 2.05) is 30.3 Å². The third-order valence-corrected chi connectivity index (χ3v) is 6.66. The Hall–Kier alpha value is -4.70. The SMILES string of the molecule is O=C(N/N=C/c1ccc(OCC(=O)N2CCN(c3cnccn3)CC2)c2ccccc12)c1ccc(O)c(Cl)c1. The van der Waals surface area contributed by atoms with Crippen LogP contribution >= 0.6 is 11.6 Å². The minimum atomic E-state index is -0.464. The first kappa shape index (κ1) is 25.9. The van der Waals surface area contributed by atoms with Gasteiger partial charge in [-0.15, -0.1) is 0 Å². The van der Waals surface area contributed by atoms with Gasteiger partial charge in [0.25, 0.3) is 11.8 Å². The molecule has 10 nitrogen and oxygen atoms in total. The summed E-state index contributed by atoms with van der Waals surface area (Å²) in [6, 6.07) is 15.4. The Bertz CT molecular complexity index is 1520. The number of phenols is 1. The zero-order chi connectivity index (χ0) is 27.2. The molecular formula is C28H25ClN6O4. The third-order valence-electron chi connectivity index (χ3n) is 6.35. The molecule has 39 heavy (non-hydrogen) atoms. The van der Waals surface area contributed by atoms with E-state index in [4.69, 9.17) is 16.3 Å². The summed E-state index contributed by atoms with van der Waals surface area (Å²) in [7, 11) is 0. The second-order valence-electron chi connectivity index (χ2n) is 8.78. The molecule has 1 fully saturated rings. The highest BCUT2D eigenvalue weighted by atomic mass is 35.5. The number of anilines is 1. The number of halogens is 1. The second-order valence-corrected chi connectivity index (χ2v) is 9.19. The van der Waals surface area contributed by atoms with Crippen LogP contribution < -0.4 is 15.1 Å². The summed E-state index contributed by atoms with van der Waals surface area (Å²) in [4.78, 5) is 37.5. The maximum atomic E-state index is 12.9. The summed E-state index contributed by atoms with van der Waals surface area (Å²) in [5.74, 6) is 0.736. The minimum absolute atomic E-state index is 0.0756. The number of benzene rings is 3. The number of hydrogen-bond donors (Lipinski definition) is 2. The molecule has 2 amide bonds. The van der Waals surface area contributed by atoms with Crippen LogP contribution in [0.4, 0.5) is 5.82 Å². The first-order valence-electron chi connectivity index (χ1n) is 12.2. The average Bonchev–Trinajstić information content (AvgIpc) is 2.98. The number of carbonyl (C=O) groups is 2. The predicted molar refractivity (Wildman–Crippen MR) is 148 cm³/mol. The fraction of sp³-hybridized carbons (Fsp3) is 0.179. The van der Waals surface area contributed by atoms with Crippen molar-refractivity contribution in [3.8, 4) is 11.5 Å². The molecule has 2 N–H and O–H groups in total. The lowest BCUT2D eigenvalue weighted by Gasteiger charge is -2.35. The molecule has 11 heteroatoms. The van der Waals surface area contributed by atoms with E-state index < -0.39 is 5.91 Å². The molecule has 5 rings (SSSR count). The van der Waals surface area contributed by atoms with Gasteiger partial charge in [0, 0.05) is 55.1 Å². The van der Waals surface area contributed by atoms with E-state index in [-0.39, 0.29) is 28.8 Å². The number of aromatic hydroxyl groups is 1. The Kier molecular flexibility index (Phi) is 7.83. The molecule has 0 radical (unpaired) electrons. The fourth-order valence-corrected chi connectivity index (χ4v) is 4.46. The number of phenolic OH excluding ortho intramolecular Hbond substituents is 1. The second kappa shape index (κ2) is 11.8. The molecule has 0 saturated carbocycles. The number of piperazine rings is 1. The summed E-state index contributed by atoms with van der Waals surface area (Å²) >= 11 is 5.88. The summed E-state index contributed by atoms with van der Waals surface area (Å²) < 4.78 is 5.95. The quantitative estimate of drug-likeness (QED) is 0.270. The fourth-order valence-electron chi connectivity index (χ4n) is 4.28. The Morgan fingerprint density at radius 3 is 2.59 bits per heavy atom. The Morgan fingerprint density at radius 2 is 1.85 bits per heavy atom. The van der Waals surface area contributed by atoms with E-state index in [1.54, 1.807) is 29.6 Å². The highest BCUT2D eigenvalue weighted by Gasteiger charge is 2.22. The number of rotatable bonds is 7. The van der Waals surface area contributed by atoms with E-state index in [2.05, 4.69) is 25.4 Å². The highest BCUT2D eigenvalue weighted by molar-refractivity contribution is 6.32. The molecule has 0 bridgehead atoms. The van der Waals surface area contributed by atoms with Gasteiger partial charge in [0.05, 0.1) is 17.4 Å². The van der Waals surface area contributed by atoms with Gasteiger partial charge in [0.1, 0.15) is 17.3 Å². The van der Waals surface area contributed by atoms with Crippen LogP contribution in [0.5, 0.6) is 11.5 Å². The van der Waals surface area contributed by atoms with E-state index in [9.17, 15) is 14.7 Å². The number of nitrogens with one attached hydrogen (secondary N) is 1. The Morgan fingerprint density at radius 1 is 1.05 bits per heavy atom. The molecule has 0 spiro atoms. The number of hydrazone groups is 1. The van der Waals surface area contributed by atoms with E-state index in [0.29, 0.717) is 31.9 Å². The van der Waals surface area contributed by atoms with Crippen molar-refractivity contribution in [3.05, 3.63) is 89.3 Å². The standard InChI is InChI=1S/C28H25ClN6O4/c29-23-15-19(5-7-24(23)36)28(38)33-32-16-20-6-8-25(22-4-2-1-3-21(20)22)39-18-27(37)35-13-11-34(12-14-35)26-17-30-9-10-31-26/h1-10,15-17,36H,11-14,18H2,(H,33,38)/b32-16+. The van der Waals surface area contributed by atoms with Crippen LogP contribution in [-0.4, -0.2) is 70.8 Å². The third kappa shape index (κ3) is 6.07. The number of ether oxygens (including phenoxy) is 1. The molecular weight excluding hydrogens is 520 g/mol. The number of amides is 2. The van der Waals surface area contributed by atoms with Gasteiger partial charge < -0.3 is 19.6 Å². The molecule has 1 saturated heterocycles. The smallest absolute Gasteiger partial charge is 0.271 e. The van der Waals surface area contributed by atoms with Crippen LogP contribution in [0, 0.1) is 0 Å². The van der Waals surface area contributed by atoms with E-state index in [1.165, 1.54) is 24.4 Å². The maximum Gasteiger partial charge on any atom is 0.271 e. The molecule has 4 aromatic rings. The van der Waals surface area contributed by atoms with Gasteiger partial charge in [-0.25, -0.2) is 10.4 Å². The first-order chi connectivity index (χ1) is 19.0. The largest absolute Gasteiger partial charge is 0.506 e. The first-order valence-corrected chi connectivity index (χ1v) is 12.6. The summed E-state index contributed by atoms with van der Waals surface area (Å²) in [6.45, 7) is 2.44. The molecule has 2 heterocycles. The lowest BCUT2D eigenvalue weighted by Crippen LogP contribution is -2.50. The van der Waals surface area contributed by atoms with Gasteiger partial charge >= 0.3 is 0 Å². The number of hydrogen-bond acceptors (Lipinski definition) is 8. The van der Waals surface area contributed by atoms with Crippen LogP contribution in [0.1, 0.15) is 15.9 Å². The monoisotopic (exact) mass is 544 g/mol. The van der Waals surface area contributed by atoms with Crippen molar-refractivity contribution in [2.45, 2.75) is 0 Å². The molecule has 198 valence electrons. The van der Waals surface area contributed by atoms with Crippen LogP contribution in [-0.2, 0) is 4.79 Å². The molecule has 0 unspecified atom stereocenters. The summed E-state index contributed by atoms with van der Waals surface area (Å²) in [5.41, 5.74) is 3.49. The minimum Gasteiger partial charge on any atom is -0.506 e. The van der Waals surface area contributed by atoms with Crippen molar-refractivity contribution >= 4 is 46.2 Å². The zero-order valence-electron chi connectivity index (χ0n) is 20.8. The molecule has 1 aromatic heterocycles. The normalized spacial score (nSPS) is 13.6. The predicted octanol–water partition coefficient (Wildman–Crippen LogP) is 3.48. The molecule has 0 aliphatic carbocycles. The number of nitrogens with zero attached hydrogens (tertiary/aromatic N) is 5. The van der Waals surface area contributed by atoms with Crippen molar-refractivity contribution in [3.63, 3.8) is 0 Å². The molecule has 3 aromatic carbocycles. The zero-order valence-corrected chi connectivity index (χ0v) is 21.6. The lowest BCUT2D eigenvalue weighted by atomic mass is 10.0. The van der Waals surface area contributed by atoms with Crippen molar-refractivity contribution in [1.82, 2.24) is 20.3 Å². The molecule has 1 aliphatic rings. The van der Waals surface area contributed by atoms with Crippen molar-refractivity contribution in [1.29, 1.82) is 0 Å². The maximum absolute atomic E-state index is 12.9. The number of fused-ring (bicyclic) bond motifs is 1. The van der Waals surface area contributed by atoms with Crippen LogP contribution in [0.3, 0.4) is 0 Å². The van der Waals surface area contributed by atoms with Crippen LogP contribution in [0.25, 0.3) is 10.8 Å². The average molecular weight is 545 g/mol. The van der Waals surface area contributed by atoms with Crippen LogP contribution in [0.15, 0.2) is 78.3 Å². The van der Waals surface area contributed by atoms with Crippen molar-refractivity contribution in [2.24, 2.45) is 5.10 Å². The topological polar surface area (TPSA) is 120 Å². The van der Waals surface area contributed by atoms with Gasteiger partial charge in [-0.1, -0.05) is 35.9 Å². The Balaban J connectivity index is 1.20. The summed E-state index contributed by atoms with van der Waals surface area (Å²) in [5, 5.41) is 15.3. The van der Waals surface area contributed by atoms with E-state index >= 15 is 0 Å². The van der Waals surface area contributed by atoms with Gasteiger partial charge in [0.15, 0.2) is 6.61 Å². The van der Waals surface area contributed by atoms with Crippen molar-refractivity contribution < 1.29 is 19.4 Å².